The van der Waals surface area contributed by atoms with E-state index >= 15 is 0 Å². The zero-order valence-electron chi connectivity index (χ0n) is 11.9. The zero-order valence-corrected chi connectivity index (χ0v) is 11.9. The minimum Gasteiger partial charge on any atom is -0.399 e. The molecule has 1 atom stereocenters. The van der Waals surface area contributed by atoms with Crippen molar-refractivity contribution >= 4 is 22.4 Å². The van der Waals surface area contributed by atoms with Crippen LogP contribution in [0.25, 0.3) is 10.9 Å². The van der Waals surface area contributed by atoms with Crippen LogP contribution in [0.1, 0.15) is 12.8 Å². The lowest BCUT2D eigenvalue weighted by molar-refractivity contribution is 0.143. The molecule has 1 aliphatic heterocycles. The largest absolute Gasteiger partial charge is 0.399 e. The molecule has 1 saturated heterocycles. The Morgan fingerprint density at radius 3 is 3.10 bits per heavy atom. The summed E-state index contributed by atoms with van der Waals surface area (Å²) in [7, 11) is 1.78. The second kappa shape index (κ2) is 5.67. The van der Waals surface area contributed by atoms with Crippen molar-refractivity contribution in [2.45, 2.75) is 12.8 Å². The first-order valence-corrected chi connectivity index (χ1v) is 7.16. The van der Waals surface area contributed by atoms with Crippen molar-refractivity contribution in [3.63, 3.8) is 0 Å². The van der Waals surface area contributed by atoms with Crippen molar-refractivity contribution in [2.24, 2.45) is 5.92 Å². The molecule has 1 aromatic carbocycles. The first kappa shape index (κ1) is 13.2. The number of anilines is 2. The molecule has 4 heteroatoms. The quantitative estimate of drug-likeness (QED) is 0.872. The Labute approximate surface area is 119 Å². The summed E-state index contributed by atoms with van der Waals surface area (Å²) in [6.45, 7) is 2.94. The average Bonchev–Trinajstić information content (AvgIpc) is 2.47. The van der Waals surface area contributed by atoms with Crippen LogP contribution < -0.4 is 10.6 Å². The molecule has 3 rings (SSSR count). The fourth-order valence-electron chi connectivity index (χ4n) is 2.95. The molecule has 1 fully saturated rings. The van der Waals surface area contributed by atoms with Gasteiger partial charge >= 0.3 is 0 Å². The Balaban J connectivity index is 1.84. The topological polar surface area (TPSA) is 51.4 Å². The highest BCUT2D eigenvalue weighted by Crippen LogP contribution is 2.24. The summed E-state index contributed by atoms with van der Waals surface area (Å²) in [5.41, 5.74) is 7.59. The lowest BCUT2D eigenvalue weighted by atomic mass is 9.99. The number of nitrogens with zero attached hydrogens (tertiary/aromatic N) is 2. The fourth-order valence-corrected chi connectivity index (χ4v) is 2.95. The lowest BCUT2D eigenvalue weighted by Crippen LogP contribution is -2.37. The maximum absolute atomic E-state index is 5.80. The number of piperidine rings is 1. The monoisotopic (exact) mass is 271 g/mol. The van der Waals surface area contributed by atoms with Crippen molar-refractivity contribution in [3.8, 4) is 0 Å². The van der Waals surface area contributed by atoms with E-state index in [0.29, 0.717) is 5.92 Å². The molecule has 20 heavy (non-hydrogen) atoms. The van der Waals surface area contributed by atoms with Crippen molar-refractivity contribution < 1.29 is 4.74 Å². The summed E-state index contributed by atoms with van der Waals surface area (Å²) in [5.74, 6) is 1.67. The average molecular weight is 271 g/mol. The molecule has 2 N–H and O–H groups in total. The summed E-state index contributed by atoms with van der Waals surface area (Å²) in [6, 6.07) is 10.1. The van der Waals surface area contributed by atoms with E-state index in [1.165, 1.54) is 12.8 Å². The van der Waals surface area contributed by atoms with Gasteiger partial charge in [0.1, 0.15) is 5.82 Å². The van der Waals surface area contributed by atoms with Gasteiger partial charge in [-0.05, 0) is 49.1 Å². The first-order chi connectivity index (χ1) is 9.76. The van der Waals surface area contributed by atoms with Crippen LogP contribution in [-0.4, -0.2) is 31.8 Å². The third kappa shape index (κ3) is 2.70. The van der Waals surface area contributed by atoms with Gasteiger partial charge in [-0.1, -0.05) is 0 Å². The Bertz CT molecular complexity index is 597. The van der Waals surface area contributed by atoms with Crippen LogP contribution in [0.5, 0.6) is 0 Å². The van der Waals surface area contributed by atoms with Gasteiger partial charge < -0.3 is 15.4 Å². The van der Waals surface area contributed by atoms with Crippen molar-refractivity contribution in [1.29, 1.82) is 0 Å². The highest BCUT2D eigenvalue weighted by atomic mass is 16.5. The highest BCUT2D eigenvalue weighted by molar-refractivity contribution is 5.83. The molecular weight excluding hydrogens is 250 g/mol. The summed E-state index contributed by atoms with van der Waals surface area (Å²) in [5, 5.41) is 1.10. The number of hydrogen-bond donors (Lipinski definition) is 1. The summed E-state index contributed by atoms with van der Waals surface area (Å²) >= 11 is 0. The van der Waals surface area contributed by atoms with Crippen LogP contribution in [-0.2, 0) is 4.74 Å². The second-order valence-corrected chi connectivity index (χ2v) is 5.53. The van der Waals surface area contributed by atoms with Crippen molar-refractivity contribution in [1.82, 2.24) is 4.98 Å². The number of hydrogen-bond acceptors (Lipinski definition) is 4. The Morgan fingerprint density at radius 1 is 1.35 bits per heavy atom. The van der Waals surface area contributed by atoms with Gasteiger partial charge in [-0.15, -0.1) is 0 Å². The third-order valence-corrected chi connectivity index (χ3v) is 3.94. The number of nitrogen functional groups attached to an aromatic ring is 1. The van der Waals surface area contributed by atoms with Gasteiger partial charge in [0.05, 0.1) is 12.1 Å². The molecule has 1 aromatic heterocycles. The maximum atomic E-state index is 5.80. The molecule has 0 spiro atoms. The van der Waals surface area contributed by atoms with Gasteiger partial charge in [0, 0.05) is 31.3 Å². The molecule has 2 aromatic rings. The molecule has 1 aliphatic rings. The van der Waals surface area contributed by atoms with Crippen LogP contribution in [0.2, 0.25) is 0 Å². The third-order valence-electron chi connectivity index (χ3n) is 3.94. The molecule has 0 radical (unpaired) electrons. The fraction of sp³-hybridized carbons (Fsp3) is 0.438. The van der Waals surface area contributed by atoms with Crippen molar-refractivity contribution in [3.05, 3.63) is 30.3 Å². The Hall–Kier alpha value is -1.81. The van der Waals surface area contributed by atoms with Gasteiger partial charge in [-0.3, -0.25) is 0 Å². The predicted molar refractivity (Wildman–Crippen MR) is 83.0 cm³/mol. The van der Waals surface area contributed by atoms with Gasteiger partial charge in [-0.25, -0.2) is 4.98 Å². The standard InChI is InChI=1S/C16H21N3O/c1-20-11-12-3-2-8-19(10-12)16-7-4-13-9-14(17)5-6-15(13)18-16/h4-7,9,12H,2-3,8,10-11,17H2,1H3. The van der Waals surface area contributed by atoms with E-state index in [-0.39, 0.29) is 0 Å². The number of aromatic nitrogens is 1. The maximum Gasteiger partial charge on any atom is 0.129 e. The summed E-state index contributed by atoms with van der Waals surface area (Å²) < 4.78 is 5.29. The molecule has 106 valence electrons. The molecule has 1 unspecified atom stereocenters. The van der Waals surface area contributed by atoms with Gasteiger partial charge in [0.25, 0.3) is 0 Å². The van der Waals surface area contributed by atoms with E-state index in [2.05, 4.69) is 17.0 Å². The van der Waals surface area contributed by atoms with Crippen LogP contribution >= 0.6 is 0 Å². The molecule has 0 amide bonds. The van der Waals surface area contributed by atoms with E-state index in [4.69, 9.17) is 15.5 Å². The molecule has 4 nitrogen and oxygen atoms in total. The first-order valence-electron chi connectivity index (χ1n) is 7.16. The van der Waals surface area contributed by atoms with Gasteiger partial charge in [0.2, 0.25) is 0 Å². The van der Waals surface area contributed by atoms with E-state index in [0.717, 1.165) is 42.1 Å². The molecule has 0 aliphatic carbocycles. The van der Waals surface area contributed by atoms with Crippen LogP contribution in [0.3, 0.4) is 0 Å². The SMILES string of the molecule is COCC1CCCN(c2ccc3cc(N)ccc3n2)C1. The van der Waals surface area contributed by atoms with Crippen LogP contribution in [0.4, 0.5) is 11.5 Å². The van der Waals surface area contributed by atoms with E-state index in [9.17, 15) is 0 Å². The van der Waals surface area contributed by atoms with E-state index in [1.807, 2.05) is 18.2 Å². The van der Waals surface area contributed by atoms with Crippen LogP contribution in [0, 0.1) is 5.92 Å². The van der Waals surface area contributed by atoms with E-state index < -0.39 is 0 Å². The number of nitrogens with two attached hydrogens (primary N) is 1. The summed E-state index contributed by atoms with van der Waals surface area (Å²) in [6.07, 6.45) is 2.45. The summed E-state index contributed by atoms with van der Waals surface area (Å²) in [4.78, 5) is 7.13. The zero-order chi connectivity index (χ0) is 13.9. The second-order valence-electron chi connectivity index (χ2n) is 5.53. The minimum atomic E-state index is 0.609. The van der Waals surface area contributed by atoms with Gasteiger partial charge in [0.15, 0.2) is 0 Å². The Morgan fingerprint density at radius 2 is 2.25 bits per heavy atom. The number of benzene rings is 1. The number of ether oxygens (including phenoxy) is 1. The molecule has 2 heterocycles. The Kier molecular flexibility index (Phi) is 3.74. The molecular formula is C16H21N3O. The van der Waals surface area contributed by atoms with Gasteiger partial charge in [-0.2, -0.15) is 0 Å². The van der Waals surface area contributed by atoms with Crippen molar-refractivity contribution in [2.75, 3.05) is 37.4 Å². The molecule has 0 bridgehead atoms. The van der Waals surface area contributed by atoms with Crippen LogP contribution in [0.15, 0.2) is 30.3 Å². The highest BCUT2D eigenvalue weighted by Gasteiger charge is 2.20. The number of rotatable bonds is 3. The number of pyridine rings is 1. The predicted octanol–water partition coefficient (Wildman–Crippen LogP) is 2.68. The van der Waals surface area contributed by atoms with E-state index in [1.54, 1.807) is 7.11 Å². The number of fused-ring (bicyclic) bond motifs is 1. The number of methoxy groups -OCH3 is 1. The minimum absolute atomic E-state index is 0.609. The lowest BCUT2D eigenvalue weighted by Gasteiger charge is -2.33. The normalized spacial score (nSPS) is 19.4. The molecule has 0 saturated carbocycles. The smallest absolute Gasteiger partial charge is 0.129 e.